The van der Waals surface area contributed by atoms with Crippen molar-refractivity contribution in [2.24, 2.45) is 5.92 Å². The molecule has 2 rings (SSSR count). The Morgan fingerprint density at radius 3 is 2.45 bits per heavy atom. The van der Waals surface area contributed by atoms with Gasteiger partial charge < -0.3 is 15.7 Å². The summed E-state index contributed by atoms with van der Waals surface area (Å²) in [6, 6.07) is 8.05. The second-order valence-corrected chi connectivity index (χ2v) is 7.36. The summed E-state index contributed by atoms with van der Waals surface area (Å²) in [6.07, 6.45) is 2.15. The molecule has 0 aliphatic heterocycles. The second kappa shape index (κ2) is 6.29. The second-order valence-electron chi connectivity index (χ2n) is 7.36. The average molecular weight is 304 g/mol. The van der Waals surface area contributed by atoms with Crippen LogP contribution in [-0.4, -0.2) is 29.8 Å². The molecule has 0 bridgehead atoms. The molecule has 3 N–H and O–H groups in total. The van der Waals surface area contributed by atoms with Crippen molar-refractivity contribution in [3.8, 4) is 0 Å². The standard InChI is InChI=1S/C18H28N2O2/c1-13-7-5-6-8-15(13)17(2,3)11-19-16(22)20-18(4,12-21)14-9-10-14/h5-8,14,21H,9-12H2,1-4H3,(H2,19,20,22). The van der Waals surface area contributed by atoms with Gasteiger partial charge >= 0.3 is 6.03 Å². The highest BCUT2D eigenvalue weighted by Gasteiger charge is 2.42. The van der Waals surface area contributed by atoms with Crippen LogP contribution in [-0.2, 0) is 5.41 Å². The smallest absolute Gasteiger partial charge is 0.315 e. The molecule has 2 amide bonds. The lowest BCUT2D eigenvalue weighted by molar-refractivity contribution is 0.154. The van der Waals surface area contributed by atoms with E-state index in [0.717, 1.165) is 12.8 Å². The van der Waals surface area contributed by atoms with Crippen LogP contribution >= 0.6 is 0 Å². The van der Waals surface area contributed by atoms with Crippen molar-refractivity contribution in [3.05, 3.63) is 35.4 Å². The number of aryl methyl sites for hydroxylation is 1. The molecule has 1 atom stereocenters. The van der Waals surface area contributed by atoms with E-state index in [0.29, 0.717) is 12.5 Å². The Morgan fingerprint density at radius 1 is 1.27 bits per heavy atom. The summed E-state index contributed by atoms with van der Waals surface area (Å²) in [4.78, 5) is 12.2. The maximum absolute atomic E-state index is 12.2. The van der Waals surface area contributed by atoms with Gasteiger partial charge in [0.2, 0.25) is 0 Å². The molecule has 1 aromatic carbocycles. The molecule has 4 heteroatoms. The Bertz CT molecular complexity index is 538. The van der Waals surface area contributed by atoms with Crippen LogP contribution in [0.25, 0.3) is 0 Å². The third-order valence-corrected chi connectivity index (χ3v) is 4.77. The molecule has 4 nitrogen and oxygen atoms in total. The summed E-state index contributed by atoms with van der Waals surface area (Å²) in [5, 5.41) is 15.4. The van der Waals surface area contributed by atoms with E-state index in [1.54, 1.807) is 0 Å². The zero-order valence-electron chi connectivity index (χ0n) is 14.1. The van der Waals surface area contributed by atoms with Gasteiger partial charge in [0, 0.05) is 12.0 Å². The maximum Gasteiger partial charge on any atom is 0.315 e. The van der Waals surface area contributed by atoms with Gasteiger partial charge in [0.15, 0.2) is 0 Å². The van der Waals surface area contributed by atoms with Crippen molar-refractivity contribution in [1.29, 1.82) is 0 Å². The zero-order valence-corrected chi connectivity index (χ0v) is 14.1. The third kappa shape index (κ3) is 3.80. The number of carbonyl (C=O) groups excluding carboxylic acids is 1. The number of carbonyl (C=O) groups is 1. The largest absolute Gasteiger partial charge is 0.394 e. The van der Waals surface area contributed by atoms with E-state index >= 15 is 0 Å². The highest BCUT2D eigenvalue weighted by atomic mass is 16.3. The predicted molar refractivity (Wildman–Crippen MR) is 89.0 cm³/mol. The predicted octanol–water partition coefficient (Wildman–Crippen LogP) is 2.73. The number of amides is 2. The molecule has 1 unspecified atom stereocenters. The van der Waals surface area contributed by atoms with Gasteiger partial charge in [0.1, 0.15) is 0 Å². The number of urea groups is 1. The minimum Gasteiger partial charge on any atom is -0.394 e. The van der Waals surface area contributed by atoms with Crippen LogP contribution in [0.3, 0.4) is 0 Å². The minimum atomic E-state index is -0.503. The van der Waals surface area contributed by atoms with Gasteiger partial charge in [-0.2, -0.15) is 0 Å². The topological polar surface area (TPSA) is 61.4 Å². The first kappa shape index (κ1) is 16.8. The molecule has 0 radical (unpaired) electrons. The number of hydrogen-bond donors (Lipinski definition) is 3. The average Bonchev–Trinajstić information content (AvgIpc) is 3.30. The Morgan fingerprint density at radius 2 is 1.91 bits per heavy atom. The molecule has 1 aliphatic carbocycles. The van der Waals surface area contributed by atoms with E-state index in [2.05, 4.69) is 43.5 Å². The highest BCUT2D eigenvalue weighted by Crippen LogP contribution is 2.39. The van der Waals surface area contributed by atoms with Crippen molar-refractivity contribution in [2.45, 2.75) is 51.5 Å². The van der Waals surface area contributed by atoms with Gasteiger partial charge in [-0.3, -0.25) is 0 Å². The number of rotatable bonds is 6. The molecule has 22 heavy (non-hydrogen) atoms. The fourth-order valence-electron chi connectivity index (χ4n) is 3.02. The summed E-state index contributed by atoms with van der Waals surface area (Å²) in [5.74, 6) is 0.396. The normalized spacial score (nSPS) is 17.7. The number of aliphatic hydroxyl groups excluding tert-OH is 1. The Balaban J connectivity index is 1.94. The van der Waals surface area contributed by atoms with Gasteiger partial charge in [-0.05, 0) is 43.7 Å². The molecule has 1 aromatic rings. The summed E-state index contributed by atoms with van der Waals surface area (Å²) >= 11 is 0. The van der Waals surface area contributed by atoms with Gasteiger partial charge in [0.25, 0.3) is 0 Å². The lowest BCUT2D eigenvalue weighted by Gasteiger charge is -2.31. The number of hydrogen-bond acceptors (Lipinski definition) is 2. The lowest BCUT2D eigenvalue weighted by Crippen LogP contribution is -2.55. The molecule has 0 spiro atoms. The number of nitrogens with one attached hydrogen (secondary N) is 2. The number of benzene rings is 1. The van der Waals surface area contributed by atoms with Crippen molar-refractivity contribution in [3.63, 3.8) is 0 Å². The molecule has 0 saturated heterocycles. The first-order valence-corrected chi connectivity index (χ1v) is 8.01. The van der Waals surface area contributed by atoms with Crippen LogP contribution in [0.5, 0.6) is 0 Å². The third-order valence-electron chi connectivity index (χ3n) is 4.77. The highest BCUT2D eigenvalue weighted by molar-refractivity contribution is 5.75. The number of aliphatic hydroxyl groups is 1. The van der Waals surface area contributed by atoms with Gasteiger partial charge in [0.05, 0.1) is 12.1 Å². The van der Waals surface area contributed by atoms with E-state index < -0.39 is 5.54 Å². The summed E-state index contributed by atoms with van der Waals surface area (Å²) in [7, 11) is 0. The molecular weight excluding hydrogens is 276 g/mol. The first-order valence-electron chi connectivity index (χ1n) is 8.01. The molecule has 0 aromatic heterocycles. The molecular formula is C18H28N2O2. The summed E-state index contributed by atoms with van der Waals surface area (Å²) in [6.45, 7) is 8.79. The van der Waals surface area contributed by atoms with Gasteiger partial charge in [-0.25, -0.2) is 4.79 Å². The van der Waals surface area contributed by atoms with E-state index in [1.165, 1.54) is 11.1 Å². The first-order chi connectivity index (χ1) is 10.3. The van der Waals surface area contributed by atoms with Crippen LogP contribution in [0, 0.1) is 12.8 Å². The molecule has 0 heterocycles. The fourth-order valence-corrected chi connectivity index (χ4v) is 3.02. The van der Waals surface area contributed by atoms with Gasteiger partial charge in [-0.15, -0.1) is 0 Å². The Kier molecular flexibility index (Phi) is 4.81. The van der Waals surface area contributed by atoms with Crippen LogP contribution < -0.4 is 10.6 Å². The van der Waals surface area contributed by atoms with E-state index in [9.17, 15) is 9.90 Å². The van der Waals surface area contributed by atoms with Crippen LogP contribution in [0.1, 0.15) is 44.7 Å². The van der Waals surface area contributed by atoms with Crippen LogP contribution in [0.15, 0.2) is 24.3 Å². The van der Waals surface area contributed by atoms with E-state index in [4.69, 9.17) is 0 Å². The SMILES string of the molecule is Cc1ccccc1C(C)(C)CNC(=O)NC(C)(CO)C1CC1. The van der Waals surface area contributed by atoms with E-state index in [1.807, 2.05) is 19.1 Å². The lowest BCUT2D eigenvalue weighted by atomic mass is 9.82. The van der Waals surface area contributed by atoms with E-state index in [-0.39, 0.29) is 18.1 Å². The van der Waals surface area contributed by atoms with Gasteiger partial charge in [-0.1, -0.05) is 38.1 Å². The quantitative estimate of drug-likeness (QED) is 0.757. The minimum absolute atomic E-state index is 0.0216. The van der Waals surface area contributed by atoms with Crippen LogP contribution in [0.4, 0.5) is 4.79 Å². The van der Waals surface area contributed by atoms with Crippen molar-refractivity contribution >= 4 is 6.03 Å². The van der Waals surface area contributed by atoms with Crippen molar-refractivity contribution < 1.29 is 9.90 Å². The maximum atomic E-state index is 12.2. The monoisotopic (exact) mass is 304 g/mol. The molecule has 122 valence electrons. The fraction of sp³-hybridized carbons (Fsp3) is 0.611. The molecule has 1 aliphatic rings. The van der Waals surface area contributed by atoms with Crippen molar-refractivity contribution in [1.82, 2.24) is 10.6 Å². The zero-order chi connectivity index (χ0) is 16.4. The summed E-state index contributed by atoms with van der Waals surface area (Å²) < 4.78 is 0. The van der Waals surface area contributed by atoms with Crippen molar-refractivity contribution in [2.75, 3.05) is 13.2 Å². The Hall–Kier alpha value is -1.55. The van der Waals surface area contributed by atoms with Crippen LogP contribution in [0.2, 0.25) is 0 Å². The molecule has 1 saturated carbocycles. The molecule has 1 fully saturated rings. The Labute approximate surface area is 133 Å². The summed E-state index contributed by atoms with van der Waals surface area (Å²) in [5.41, 5.74) is 1.82.